The molecule has 0 aliphatic heterocycles. The van der Waals surface area contributed by atoms with Crippen molar-refractivity contribution in [2.45, 2.75) is 51.9 Å². The highest BCUT2D eigenvalue weighted by atomic mass is 32.1. The van der Waals surface area contributed by atoms with Gasteiger partial charge in [0.25, 0.3) is 0 Å². The summed E-state index contributed by atoms with van der Waals surface area (Å²) in [6.07, 6.45) is 9.88. The molecule has 4 aliphatic carbocycles. The highest BCUT2D eigenvalue weighted by molar-refractivity contribution is 7.13. The second-order valence-corrected chi connectivity index (χ2v) is 8.28. The maximum absolute atomic E-state index is 11.1. The van der Waals surface area contributed by atoms with E-state index in [-0.39, 0.29) is 5.91 Å². The van der Waals surface area contributed by atoms with Crippen LogP contribution in [0.25, 0.3) is 0 Å². The standard InChI is InChI=1S/C16H22N2OS/c1-10(19)17-15-18-14(9-20-15)8-16-5-11-2-12(6-16)4-13(3-11)7-16/h9,11-13H,2-8H2,1H3,(H,17,18,19). The largest absolute Gasteiger partial charge is 0.302 e. The predicted molar refractivity (Wildman–Crippen MR) is 80.7 cm³/mol. The lowest BCUT2D eigenvalue weighted by atomic mass is 9.48. The first-order chi connectivity index (χ1) is 9.60. The summed E-state index contributed by atoms with van der Waals surface area (Å²) in [4.78, 5) is 15.7. The molecule has 4 fully saturated rings. The molecule has 0 saturated heterocycles. The van der Waals surface area contributed by atoms with Crippen LogP contribution in [0.5, 0.6) is 0 Å². The Morgan fingerprint density at radius 3 is 2.45 bits per heavy atom. The maximum Gasteiger partial charge on any atom is 0.223 e. The van der Waals surface area contributed by atoms with E-state index in [4.69, 9.17) is 0 Å². The topological polar surface area (TPSA) is 42.0 Å². The lowest BCUT2D eigenvalue weighted by Crippen LogP contribution is -2.47. The van der Waals surface area contributed by atoms with E-state index in [1.165, 1.54) is 44.2 Å². The zero-order valence-corrected chi connectivity index (χ0v) is 12.8. The molecule has 4 saturated carbocycles. The van der Waals surface area contributed by atoms with Crippen molar-refractivity contribution in [3.05, 3.63) is 11.1 Å². The fourth-order valence-corrected chi connectivity index (χ4v) is 6.24. The minimum atomic E-state index is -0.0271. The molecule has 3 nitrogen and oxygen atoms in total. The van der Waals surface area contributed by atoms with Crippen LogP contribution in [0.2, 0.25) is 0 Å². The number of anilines is 1. The van der Waals surface area contributed by atoms with Crippen LogP contribution in [-0.4, -0.2) is 10.9 Å². The van der Waals surface area contributed by atoms with Gasteiger partial charge in [0.1, 0.15) is 0 Å². The van der Waals surface area contributed by atoms with Crippen LogP contribution in [0.1, 0.15) is 51.1 Å². The van der Waals surface area contributed by atoms with Gasteiger partial charge in [0.15, 0.2) is 5.13 Å². The van der Waals surface area contributed by atoms with E-state index in [0.29, 0.717) is 5.41 Å². The quantitative estimate of drug-likeness (QED) is 0.918. The molecule has 1 N–H and O–H groups in total. The number of hydrogen-bond donors (Lipinski definition) is 1. The van der Waals surface area contributed by atoms with E-state index in [1.54, 1.807) is 18.3 Å². The number of amides is 1. The van der Waals surface area contributed by atoms with Gasteiger partial charge in [-0.2, -0.15) is 0 Å². The molecule has 1 aromatic heterocycles. The highest BCUT2D eigenvalue weighted by Gasteiger charge is 2.50. The van der Waals surface area contributed by atoms with Crippen molar-refractivity contribution in [3.8, 4) is 0 Å². The van der Waals surface area contributed by atoms with Gasteiger partial charge in [-0.15, -0.1) is 11.3 Å². The lowest BCUT2D eigenvalue weighted by Gasteiger charge is -2.56. The zero-order chi connectivity index (χ0) is 13.7. The summed E-state index contributed by atoms with van der Waals surface area (Å²) in [5, 5.41) is 5.71. The Labute approximate surface area is 124 Å². The number of nitrogens with one attached hydrogen (secondary N) is 1. The number of nitrogens with zero attached hydrogens (tertiary/aromatic N) is 1. The van der Waals surface area contributed by atoms with Gasteiger partial charge in [-0.1, -0.05) is 0 Å². The molecule has 0 unspecified atom stereocenters. The Balaban J connectivity index is 1.51. The molecule has 0 atom stereocenters. The van der Waals surface area contributed by atoms with Crippen molar-refractivity contribution in [2.75, 3.05) is 5.32 Å². The van der Waals surface area contributed by atoms with Crippen LogP contribution in [0.3, 0.4) is 0 Å². The van der Waals surface area contributed by atoms with Crippen LogP contribution in [0.4, 0.5) is 5.13 Å². The van der Waals surface area contributed by atoms with E-state index < -0.39 is 0 Å². The summed E-state index contributed by atoms with van der Waals surface area (Å²) < 4.78 is 0. The van der Waals surface area contributed by atoms with E-state index in [9.17, 15) is 4.79 Å². The number of aromatic nitrogens is 1. The maximum atomic E-state index is 11.1. The molecule has 20 heavy (non-hydrogen) atoms. The second kappa shape index (κ2) is 4.55. The average molecular weight is 290 g/mol. The first kappa shape index (κ1) is 12.8. The fraction of sp³-hybridized carbons (Fsp3) is 0.750. The molecular formula is C16H22N2OS. The van der Waals surface area contributed by atoms with Crippen molar-refractivity contribution >= 4 is 22.4 Å². The molecule has 108 valence electrons. The van der Waals surface area contributed by atoms with Crippen molar-refractivity contribution in [3.63, 3.8) is 0 Å². The second-order valence-electron chi connectivity index (χ2n) is 7.42. The van der Waals surface area contributed by atoms with Gasteiger partial charge in [-0.3, -0.25) is 4.79 Å². The smallest absolute Gasteiger partial charge is 0.223 e. The van der Waals surface area contributed by atoms with Crippen LogP contribution < -0.4 is 5.32 Å². The van der Waals surface area contributed by atoms with E-state index in [0.717, 1.165) is 29.3 Å². The van der Waals surface area contributed by atoms with Gasteiger partial charge in [-0.05, 0) is 68.1 Å². The third kappa shape index (κ3) is 2.28. The van der Waals surface area contributed by atoms with E-state index in [2.05, 4.69) is 15.7 Å². The Morgan fingerprint density at radius 1 is 1.30 bits per heavy atom. The van der Waals surface area contributed by atoms with E-state index in [1.807, 2.05) is 0 Å². The van der Waals surface area contributed by atoms with Crippen LogP contribution in [0, 0.1) is 23.2 Å². The predicted octanol–water partition coefficient (Wildman–Crippen LogP) is 3.86. The SMILES string of the molecule is CC(=O)Nc1nc(CC23CC4CC(CC(C4)C2)C3)cs1. The molecular weight excluding hydrogens is 268 g/mol. The van der Waals surface area contributed by atoms with Crippen LogP contribution in [-0.2, 0) is 11.2 Å². The number of carbonyl (C=O) groups is 1. The lowest BCUT2D eigenvalue weighted by molar-refractivity contribution is -0.114. The summed E-state index contributed by atoms with van der Waals surface area (Å²) in [5.41, 5.74) is 1.73. The summed E-state index contributed by atoms with van der Waals surface area (Å²) >= 11 is 1.56. The number of carbonyl (C=O) groups excluding carboxylic acids is 1. The monoisotopic (exact) mass is 290 g/mol. The van der Waals surface area contributed by atoms with Crippen LogP contribution in [0.15, 0.2) is 5.38 Å². The molecule has 1 amide bonds. The third-order valence-corrected chi connectivity index (χ3v) is 6.36. The van der Waals surface area contributed by atoms with Gasteiger partial charge in [-0.25, -0.2) is 4.98 Å². The van der Waals surface area contributed by atoms with Crippen molar-refractivity contribution < 1.29 is 4.79 Å². The van der Waals surface area contributed by atoms with Gasteiger partial charge in [0.05, 0.1) is 5.69 Å². The number of rotatable bonds is 3. The summed E-state index contributed by atoms with van der Waals surface area (Å²) in [5.74, 6) is 2.96. The Kier molecular flexibility index (Phi) is 2.92. The Hall–Kier alpha value is -0.900. The number of thiazole rings is 1. The van der Waals surface area contributed by atoms with Crippen molar-refractivity contribution in [1.29, 1.82) is 0 Å². The third-order valence-electron chi connectivity index (χ3n) is 5.56. The van der Waals surface area contributed by atoms with Gasteiger partial charge >= 0.3 is 0 Å². The van der Waals surface area contributed by atoms with Crippen molar-refractivity contribution in [2.24, 2.45) is 23.2 Å². The molecule has 1 aromatic rings. The molecule has 5 rings (SSSR count). The van der Waals surface area contributed by atoms with Gasteiger partial charge in [0, 0.05) is 12.3 Å². The van der Waals surface area contributed by atoms with Gasteiger partial charge < -0.3 is 5.32 Å². The molecule has 0 spiro atoms. The highest BCUT2D eigenvalue weighted by Crippen LogP contribution is 2.61. The molecule has 4 heteroatoms. The Bertz CT molecular complexity index is 501. The first-order valence-electron chi connectivity index (χ1n) is 7.82. The summed E-state index contributed by atoms with van der Waals surface area (Å²) in [6, 6.07) is 0. The normalized spacial score (nSPS) is 38.1. The summed E-state index contributed by atoms with van der Waals surface area (Å²) in [7, 11) is 0. The zero-order valence-electron chi connectivity index (χ0n) is 12.0. The first-order valence-corrected chi connectivity index (χ1v) is 8.70. The van der Waals surface area contributed by atoms with Crippen molar-refractivity contribution in [1.82, 2.24) is 4.98 Å². The minimum Gasteiger partial charge on any atom is -0.302 e. The molecule has 1 heterocycles. The van der Waals surface area contributed by atoms with Crippen LogP contribution >= 0.6 is 11.3 Å². The minimum absolute atomic E-state index is 0.0271. The molecule has 4 aliphatic rings. The Morgan fingerprint density at radius 2 is 1.90 bits per heavy atom. The number of hydrogen-bond acceptors (Lipinski definition) is 3. The molecule has 0 radical (unpaired) electrons. The molecule has 0 aromatic carbocycles. The van der Waals surface area contributed by atoms with E-state index >= 15 is 0 Å². The molecule has 4 bridgehead atoms. The van der Waals surface area contributed by atoms with Gasteiger partial charge in [0.2, 0.25) is 5.91 Å². The fourth-order valence-electron chi connectivity index (χ4n) is 5.49. The average Bonchev–Trinajstić information content (AvgIpc) is 2.72. The summed E-state index contributed by atoms with van der Waals surface area (Å²) in [6.45, 7) is 1.54.